The molecule has 104 valence electrons. The second-order valence-electron chi connectivity index (χ2n) is 5.61. The number of fused-ring (bicyclic) bond motifs is 1. The molecule has 0 radical (unpaired) electrons. The molecule has 3 rings (SSSR count). The Kier molecular flexibility index (Phi) is 3.74. The van der Waals surface area contributed by atoms with Crippen LogP contribution in [0.2, 0.25) is 0 Å². The molecular formula is C16H18BrN3. The molecule has 1 aliphatic rings. The molecule has 0 amide bonds. The molecule has 0 bridgehead atoms. The Morgan fingerprint density at radius 3 is 2.40 bits per heavy atom. The lowest BCUT2D eigenvalue weighted by atomic mass is 10.1. The Morgan fingerprint density at radius 1 is 1.15 bits per heavy atom. The van der Waals surface area contributed by atoms with Crippen molar-refractivity contribution in [3.05, 3.63) is 51.9 Å². The van der Waals surface area contributed by atoms with Crippen LogP contribution in [0.5, 0.6) is 0 Å². The Bertz CT molecular complexity index is 600. The van der Waals surface area contributed by atoms with Gasteiger partial charge in [-0.3, -0.25) is 0 Å². The third-order valence-electron chi connectivity index (χ3n) is 3.63. The second-order valence-corrected chi connectivity index (χ2v) is 6.42. The fourth-order valence-corrected chi connectivity index (χ4v) is 3.04. The number of benzene rings is 1. The molecule has 0 aliphatic heterocycles. The molecule has 2 aromatic rings. The summed E-state index contributed by atoms with van der Waals surface area (Å²) in [6.07, 6.45) is 2.13. The van der Waals surface area contributed by atoms with Gasteiger partial charge in [-0.05, 0) is 39.9 Å². The first-order valence-electron chi connectivity index (χ1n) is 6.99. The molecule has 1 heterocycles. The monoisotopic (exact) mass is 331 g/mol. The highest BCUT2D eigenvalue weighted by molar-refractivity contribution is 9.10. The van der Waals surface area contributed by atoms with E-state index in [1.54, 1.807) is 0 Å². The molecule has 0 spiro atoms. The van der Waals surface area contributed by atoms with Crippen LogP contribution in [-0.4, -0.2) is 16.0 Å². The number of hydrogen-bond acceptors (Lipinski definition) is 3. The van der Waals surface area contributed by atoms with Crippen LogP contribution in [0.4, 0.5) is 5.82 Å². The summed E-state index contributed by atoms with van der Waals surface area (Å²) in [4.78, 5) is 9.02. The van der Waals surface area contributed by atoms with Crippen molar-refractivity contribution in [3.8, 4) is 0 Å². The number of hydrogen-bond donors (Lipinski definition) is 1. The highest BCUT2D eigenvalue weighted by Crippen LogP contribution is 2.25. The summed E-state index contributed by atoms with van der Waals surface area (Å²) in [5, 5.41) is 3.54. The van der Waals surface area contributed by atoms with E-state index in [-0.39, 0.29) is 0 Å². The molecular weight excluding hydrogens is 314 g/mol. The zero-order chi connectivity index (χ0) is 14.1. The fourth-order valence-electron chi connectivity index (χ4n) is 2.64. The van der Waals surface area contributed by atoms with Gasteiger partial charge in [-0.15, -0.1) is 0 Å². The van der Waals surface area contributed by atoms with Gasteiger partial charge in [-0.25, -0.2) is 9.97 Å². The van der Waals surface area contributed by atoms with E-state index < -0.39 is 0 Å². The SMILES string of the molecule is CC(C)c1nc(Br)cc(NC2Cc3ccccc3C2)n1. The Hall–Kier alpha value is -1.42. The molecule has 1 aliphatic carbocycles. The summed E-state index contributed by atoms with van der Waals surface area (Å²) >= 11 is 3.47. The van der Waals surface area contributed by atoms with Gasteiger partial charge in [0.15, 0.2) is 0 Å². The third kappa shape index (κ3) is 2.85. The summed E-state index contributed by atoms with van der Waals surface area (Å²) in [6, 6.07) is 11.0. The van der Waals surface area contributed by atoms with E-state index >= 15 is 0 Å². The van der Waals surface area contributed by atoms with Gasteiger partial charge in [0.1, 0.15) is 16.2 Å². The lowest BCUT2D eigenvalue weighted by molar-refractivity contribution is 0.743. The lowest BCUT2D eigenvalue weighted by Gasteiger charge is -2.14. The van der Waals surface area contributed by atoms with Crippen LogP contribution >= 0.6 is 15.9 Å². The summed E-state index contributed by atoms with van der Waals surface area (Å²) in [5.74, 6) is 2.11. The highest BCUT2D eigenvalue weighted by Gasteiger charge is 2.21. The van der Waals surface area contributed by atoms with Gasteiger partial charge in [0.25, 0.3) is 0 Å². The molecule has 1 N–H and O–H groups in total. The Morgan fingerprint density at radius 2 is 1.80 bits per heavy atom. The first-order chi connectivity index (χ1) is 9.61. The topological polar surface area (TPSA) is 37.8 Å². The molecule has 1 aromatic heterocycles. The minimum absolute atomic E-state index is 0.328. The molecule has 0 fully saturated rings. The summed E-state index contributed by atoms with van der Waals surface area (Å²) in [7, 11) is 0. The van der Waals surface area contributed by atoms with E-state index in [1.807, 2.05) is 6.07 Å². The van der Waals surface area contributed by atoms with Crippen LogP contribution < -0.4 is 5.32 Å². The zero-order valence-corrected chi connectivity index (χ0v) is 13.3. The normalized spacial score (nSPS) is 14.6. The van der Waals surface area contributed by atoms with Crippen molar-refractivity contribution in [2.45, 2.75) is 38.6 Å². The Labute approximate surface area is 128 Å². The fraction of sp³-hybridized carbons (Fsp3) is 0.375. The summed E-state index contributed by atoms with van der Waals surface area (Å²) in [6.45, 7) is 4.22. The summed E-state index contributed by atoms with van der Waals surface area (Å²) < 4.78 is 0.842. The molecule has 0 unspecified atom stereocenters. The van der Waals surface area contributed by atoms with Crippen molar-refractivity contribution in [2.24, 2.45) is 0 Å². The molecule has 0 saturated heterocycles. The maximum absolute atomic E-state index is 4.61. The summed E-state index contributed by atoms with van der Waals surface area (Å²) in [5.41, 5.74) is 2.89. The van der Waals surface area contributed by atoms with Crippen molar-refractivity contribution in [1.82, 2.24) is 9.97 Å². The minimum Gasteiger partial charge on any atom is -0.367 e. The Balaban J connectivity index is 1.77. The molecule has 20 heavy (non-hydrogen) atoms. The van der Waals surface area contributed by atoms with E-state index in [0.717, 1.165) is 29.1 Å². The molecule has 4 heteroatoms. The van der Waals surface area contributed by atoms with Gasteiger partial charge >= 0.3 is 0 Å². The van der Waals surface area contributed by atoms with E-state index in [1.165, 1.54) is 11.1 Å². The van der Waals surface area contributed by atoms with Gasteiger partial charge < -0.3 is 5.32 Å². The zero-order valence-electron chi connectivity index (χ0n) is 11.7. The number of aromatic nitrogens is 2. The van der Waals surface area contributed by atoms with E-state index in [4.69, 9.17) is 0 Å². The lowest BCUT2D eigenvalue weighted by Crippen LogP contribution is -2.20. The van der Waals surface area contributed by atoms with Crippen molar-refractivity contribution >= 4 is 21.7 Å². The maximum Gasteiger partial charge on any atom is 0.134 e. The number of rotatable bonds is 3. The van der Waals surface area contributed by atoms with Gasteiger partial charge in [0, 0.05) is 18.0 Å². The van der Waals surface area contributed by atoms with Crippen LogP contribution in [0.3, 0.4) is 0 Å². The number of nitrogens with zero attached hydrogens (tertiary/aromatic N) is 2. The van der Waals surface area contributed by atoms with E-state index in [9.17, 15) is 0 Å². The minimum atomic E-state index is 0.328. The number of halogens is 1. The van der Waals surface area contributed by atoms with Crippen molar-refractivity contribution in [1.29, 1.82) is 0 Å². The average Bonchev–Trinajstić information content (AvgIpc) is 2.79. The second kappa shape index (κ2) is 5.52. The average molecular weight is 332 g/mol. The molecule has 1 aromatic carbocycles. The van der Waals surface area contributed by atoms with Gasteiger partial charge in [-0.1, -0.05) is 38.1 Å². The standard InChI is InChI=1S/C16H18BrN3/c1-10(2)16-19-14(17)9-15(20-16)18-13-7-11-5-3-4-6-12(11)8-13/h3-6,9-10,13H,7-8H2,1-2H3,(H,18,19,20). The van der Waals surface area contributed by atoms with Crippen LogP contribution in [0.15, 0.2) is 34.9 Å². The molecule has 3 nitrogen and oxygen atoms in total. The predicted molar refractivity (Wildman–Crippen MR) is 85.1 cm³/mol. The first-order valence-corrected chi connectivity index (χ1v) is 7.79. The number of nitrogens with one attached hydrogen (secondary N) is 1. The van der Waals surface area contributed by atoms with Crippen LogP contribution in [0.1, 0.15) is 36.7 Å². The van der Waals surface area contributed by atoms with Crippen molar-refractivity contribution < 1.29 is 0 Å². The predicted octanol–water partition coefficient (Wildman–Crippen LogP) is 3.94. The smallest absolute Gasteiger partial charge is 0.134 e. The van der Waals surface area contributed by atoms with Crippen molar-refractivity contribution in [2.75, 3.05) is 5.32 Å². The van der Waals surface area contributed by atoms with Crippen LogP contribution in [-0.2, 0) is 12.8 Å². The highest BCUT2D eigenvalue weighted by atomic mass is 79.9. The van der Waals surface area contributed by atoms with Gasteiger partial charge in [0.05, 0.1) is 0 Å². The maximum atomic E-state index is 4.61. The first kappa shape index (κ1) is 13.6. The van der Waals surface area contributed by atoms with E-state index in [0.29, 0.717) is 12.0 Å². The van der Waals surface area contributed by atoms with Crippen LogP contribution in [0, 0.1) is 0 Å². The molecule has 0 atom stereocenters. The van der Waals surface area contributed by atoms with Crippen molar-refractivity contribution in [3.63, 3.8) is 0 Å². The number of anilines is 1. The van der Waals surface area contributed by atoms with Gasteiger partial charge in [0.2, 0.25) is 0 Å². The van der Waals surface area contributed by atoms with Gasteiger partial charge in [-0.2, -0.15) is 0 Å². The third-order valence-corrected chi connectivity index (χ3v) is 4.04. The molecule has 0 saturated carbocycles. The van der Waals surface area contributed by atoms with E-state index in [2.05, 4.69) is 69.3 Å². The quantitative estimate of drug-likeness (QED) is 0.865. The van der Waals surface area contributed by atoms with Crippen LogP contribution in [0.25, 0.3) is 0 Å². The largest absolute Gasteiger partial charge is 0.367 e.